The van der Waals surface area contributed by atoms with E-state index in [-0.39, 0.29) is 28.6 Å². The topological polar surface area (TPSA) is 92.8 Å². The zero-order valence-corrected chi connectivity index (χ0v) is 18.1. The number of amides is 1. The van der Waals surface area contributed by atoms with E-state index < -0.39 is 28.5 Å². The molecule has 1 amide bonds. The summed E-state index contributed by atoms with van der Waals surface area (Å²) < 4.78 is 31.5. The molecule has 2 aromatic rings. The van der Waals surface area contributed by atoms with Gasteiger partial charge < -0.3 is 10.1 Å². The third kappa shape index (κ3) is 5.93. The standard InChI is InChI=1S/C19H20Cl2N2O5S/c1-3-23(4-2)29(26,27)15-9-10-17(21)16(11-15)19(25)28-12-18(24)22-14-7-5-13(20)6-8-14/h5-11H,3-4,12H2,1-2H3,(H,22,24). The van der Waals surface area contributed by atoms with E-state index in [9.17, 15) is 18.0 Å². The van der Waals surface area contributed by atoms with E-state index in [0.717, 1.165) is 6.07 Å². The SMILES string of the molecule is CCN(CC)S(=O)(=O)c1ccc(Cl)c(C(=O)OCC(=O)Nc2ccc(Cl)cc2)c1. The molecule has 0 radical (unpaired) electrons. The molecule has 156 valence electrons. The van der Waals surface area contributed by atoms with Gasteiger partial charge in [0.05, 0.1) is 15.5 Å². The lowest BCUT2D eigenvalue weighted by Gasteiger charge is -2.19. The molecule has 0 aliphatic carbocycles. The number of hydrogen-bond donors (Lipinski definition) is 1. The molecule has 0 fully saturated rings. The maximum atomic E-state index is 12.6. The summed E-state index contributed by atoms with van der Waals surface area (Å²) in [6, 6.07) is 10.2. The van der Waals surface area contributed by atoms with Crippen LogP contribution in [0.1, 0.15) is 24.2 Å². The largest absolute Gasteiger partial charge is 0.452 e. The number of sulfonamides is 1. The third-order valence-electron chi connectivity index (χ3n) is 3.96. The number of rotatable bonds is 8. The molecule has 10 heteroatoms. The molecule has 7 nitrogen and oxygen atoms in total. The second kappa shape index (κ2) is 10.1. The van der Waals surface area contributed by atoms with Gasteiger partial charge in [0.2, 0.25) is 10.0 Å². The van der Waals surface area contributed by atoms with Crippen molar-refractivity contribution in [1.29, 1.82) is 0 Å². The van der Waals surface area contributed by atoms with Crippen molar-refractivity contribution in [2.75, 3.05) is 25.0 Å². The Morgan fingerprint density at radius 3 is 2.24 bits per heavy atom. The van der Waals surface area contributed by atoms with Crippen molar-refractivity contribution in [2.24, 2.45) is 0 Å². The number of esters is 1. The first-order chi connectivity index (χ1) is 13.7. The first-order valence-corrected chi connectivity index (χ1v) is 10.9. The summed E-state index contributed by atoms with van der Waals surface area (Å²) in [5.74, 6) is -1.47. The Hall–Kier alpha value is -2.13. The molecular weight excluding hydrogens is 439 g/mol. The van der Waals surface area contributed by atoms with E-state index >= 15 is 0 Å². The average Bonchev–Trinajstić information content (AvgIpc) is 2.69. The third-order valence-corrected chi connectivity index (χ3v) is 6.59. The van der Waals surface area contributed by atoms with Crippen molar-refractivity contribution in [3.8, 4) is 0 Å². The molecule has 2 aromatic carbocycles. The van der Waals surface area contributed by atoms with E-state index in [1.54, 1.807) is 38.1 Å². The highest BCUT2D eigenvalue weighted by Gasteiger charge is 2.24. The van der Waals surface area contributed by atoms with Crippen LogP contribution >= 0.6 is 23.2 Å². The van der Waals surface area contributed by atoms with E-state index in [2.05, 4.69) is 5.32 Å². The Kier molecular flexibility index (Phi) is 8.04. The molecule has 0 heterocycles. The minimum Gasteiger partial charge on any atom is -0.452 e. The minimum atomic E-state index is -3.77. The smallest absolute Gasteiger partial charge is 0.340 e. The van der Waals surface area contributed by atoms with Gasteiger partial charge in [-0.15, -0.1) is 0 Å². The van der Waals surface area contributed by atoms with Gasteiger partial charge >= 0.3 is 5.97 Å². The summed E-state index contributed by atoms with van der Waals surface area (Å²) in [6.45, 7) is 3.43. The minimum absolute atomic E-state index is 0.0200. The predicted molar refractivity (Wildman–Crippen MR) is 112 cm³/mol. The van der Waals surface area contributed by atoms with Crippen LogP contribution in [0.2, 0.25) is 10.0 Å². The van der Waals surface area contributed by atoms with Crippen LogP contribution in [0, 0.1) is 0 Å². The number of halogens is 2. The molecule has 0 saturated carbocycles. The summed E-state index contributed by atoms with van der Waals surface area (Å²) in [5.41, 5.74) is 0.347. The van der Waals surface area contributed by atoms with Crippen LogP contribution in [0.5, 0.6) is 0 Å². The fraction of sp³-hybridized carbons (Fsp3) is 0.263. The number of anilines is 1. The van der Waals surface area contributed by atoms with E-state index in [1.807, 2.05) is 0 Å². The molecule has 0 aliphatic rings. The van der Waals surface area contributed by atoms with Gasteiger partial charge in [-0.25, -0.2) is 13.2 Å². The van der Waals surface area contributed by atoms with Gasteiger partial charge in [-0.2, -0.15) is 4.31 Å². The van der Waals surface area contributed by atoms with Crippen LogP contribution in [0.15, 0.2) is 47.4 Å². The highest BCUT2D eigenvalue weighted by molar-refractivity contribution is 7.89. The number of carbonyl (C=O) groups is 2. The van der Waals surface area contributed by atoms with Gasteiger partial charge in [0.1, 0.15) is 0 Å². The van der Waals surface area contributed by atoms with Crippen molar-refractivity contribution in [3.63, 3.8) is 0 Å². The summed E-state index contributed by atoms with van der Waals surface area (Å²) in [7, 11) is -3.77. The first kappa shape index (κ1) is 23.2. The molecule has 29 heavy (non-hydrogen) atoms. The molecule has 0 aromatic heterocycles. The van der Waals surface area contributed by atoms with Crippen molar-refractivity contribution >= 4 is 50.8 Å². The molecule has 2 rings (SSSR count). The number of nitrogens with one attached hydrogen (secondary N) is 1. The number of ether oxygens (including phenoxy) is 1. The van der Waals surface area contributed by atoms with Gasteiger partial charge in [-0.1, -0.05) is 37.0 Å². The van der Waals surface area contributed by atoms with Crippen molar-refractivity contribution < 1.29 is 22.7 Å². The maximum Gasteiger partial charge on any atom is 0.340 e. The number of hydrogen-bond acceptors (Lipinski definition) is 5. The Morgan fingerprint density at radius 2 is 1.66 bits per heavy atom. The highest BCUT2D eigenvalue weighted by Crippen LogP contribution is 2.24. The molecular formula is C19H20Cl2N2O5S. The monoisotopic (exact) mass is 458 g/mol. The summed E-state index contributed by atoms with van der Waals surface area (Å²) in [4.78, 5) is 24.2. The lowest BCUT2D eigenvalue weighted by molar-refractivity contribution is -0.119. The van der Waals surface area contributed by atoms with Crippen LogP contribution in [0.3, 0.4) is 0 Å². The van der Waals surface area contributed by atoms with Crippen molar-refractivity contribution in [2.45, 2.75) is 18.7 Å². The van der Waals surface area contributed by atoms with Crippen LogP contribution in [-0.2, 0) is 19.6 Å². The zero-order valence-electron chi connectivity index (χ0n) is 15.8. The van der Waals surface area contributed by atoms with Gasteiger partial charge in [0.15, 0.2) is 6.61 Å². The average molecular weight is 459 g/mol. The van der Waals surface area contributed by atoms with Crippen LogP contribution in [0.4, 0.5) is 5.69 Å². The summed E-state index contributed by atoms with van der Waals surface area (Å²) >= 11 is 11.8. The Balaban J connectivity index is 2.10. The molecule has 0 atom stereocenters. The lowest BCUT2D eigenvalue weighted by atomic mass is 10.2. The summed E-state index contributed by atoms with van der Waals surface area (Å²) in [5, 5.41) is 3.08. The Morgan fingerprint density at radius 1 is 1.03 bits per heavy atom. The second-order valence-electron chi connectivity index (χ2n) is 5.86. The molecule has 0 spiro atoms. The number of benzene rings is 2. The van der Waals surface area contributed by atoms with Gasteiger partial charge in [0, 0.05) is 23.8 Å². The van der Waals surface area contributed by atoms with Crippen LogP contribution < -0.4 is 5.32 Å². The quantitative estimate of drug-likeness (QED) is 0.606. The van der Waals surface area contributed by atoms with Crippen molar-refractivity contribution in [1.82, 2.24) is 4.31 Å². The van der Waals surface area contributed by atoms with E-state index in [1.165, 1.54) is 16.4 Å². The molecule has 0 unspecified atom stereocenters. The second-order valence-corrected chi connectivity index (χ2v) is 8.64. The molecule has 1 N–H and O–H groups in total. The highest BCUT2D eigenvalue weighted by atomic mass is 35.5. The Bertz CT molecular complexity index is 990. The summed E-state index contributed by atoms with van der Waals surface area (Å²) in [6.07, 6.45) is 0. The normalized spacial score (nSPS) is 11.3. The maximum absolute atomic E-state index is 12.6. The van der Waals surface area contributed by atoms with E-state index in [4.69, 9.17) is 27.9 Å². The fourth-order valence-corrected chi connectivity index (χ4v) is 4.28. The number of nitrogens with zero attached hydrogens (tertiary/aromatic N) is 1. The first-order valence-electron chi connectivity index (χ1n) is 8.71. The Labute approximate surface area is 179 Å². The van der Waals surface area contributed by atoms with Gasteiger partial charge in [0.25, 0.3) is 5.91 Å². The predicted octanol–water partition coefficient (Wildman–Crippen LogP) is 3.82. The van der Waals surface area contributed by atoms with E-state index in [0.29, 0.717) is 10.7 Å². The van der Waals surface area contributed by atoms with Crippen molar-refractivity contribution in [3.05, 3.63) is 58.1 Å². The van der Waals surface area contributed by atoms with Gasteiger partial charge in [-0.3, -0.25) is 4.79 Å². The lowest BCUT2D eigenvalue weighted by Crippen LogP contribution is -2.30. The molecule has 0 bridgehead atoms. The molecule has 0 aliphatic heterocycles. The van der Waals surface area contributed by atoms with Crippen LogP contribution in [0.25, 0.3) is 0 Å². The van der Waals surface area contributed by atoms with Crippen LogP contribution in [-0.4, -0.2) is 44.3 Å². The number of carbonyl (C=O) groups excluding carboxylic acids is 2. The fourth-order valence-electron chi connectivity index (χ4n) is 2.47. The zero-order chi connectivity index (χ0) is 21.6. The van der Waals surface area contributed by atoms with Gasteiger partial charge in [-0.05, 0) is 42.5 Å². The molecule has 0 saturated heterocycles.